The van der Waals surface area contributed by atoms with Crippen molar-refractivity contribution in [2.75, 3.05) is 0 Å². The van der Waals surface area contributed by atoms with Crippen LogP contribution in [-0.2, 0) is 0 Å². The highest BCUT2D eigenvalue weighted by Crippen LogP contribution is 2.31. The third kappa shape index (κ3) is 2.95. The first-order valence-corrected chi connectivity index (χ1v) is 8.58. The Morgan fingerprint density at radius 1 is 0.808 bits per heavy atom. The number of aryl methyl sites for hydroxylation is 1. The van der Waals surface area contributed by atoms with E-state index >= 15 is 0 Å². The summed E-state index contributed by atoms with van der Waals surface area (Å²) in [6, 6.07) is 23.3. The summed E-state index contributed by atoms with van der Waals surface area (Å²) < 4.78 is 1.82. The fourth-order valence-electron chi connectivity index (χ4n) is 2.97. The van der Waals surface area contributed by atoms with Gasteiger partial charge in [-0.2, -0.15) is 0 Å². The average Bonchev–Trinajstić information content (AvgIpc) is 3.04. The summed E-state index contributed by atoms with van der Waals surface area (Å²) in [4.78, 5) is 0. The molecular formula is C21H16ClN3O. The average molecular weight is 362 g/mol. The summed E-state index contributed by atoms with van der Waals surface area (Å²) in [5.41, 5.74) is 3.80. The maximum atomic E-state index is 10.3. The standard InChI is InChI=1S/C21H16ClN3O/c1-14-23-24-21(25(14)19-12-11-18(22)13-20(19)26)17-9-7-16(8-10-17)15-5-3-2-4-6-15/h2-13,26H,1H3. The van der Waals surface area contributed by atoms with Crippen LogP contribution >= 0.6 is 11.6 Å². The van der Waals surface area contributed by atoms with Gasteiger partial charge in [0.2, 0.25) is 0 Å². The molecule has 0 spiro atoms. The van der Waals surface area contributed by atoms with E-state index in [4.69, 9.17) is 11.6 Å². The van der Waals surface area contributed by atoms with Crippen molar-refractivity contribution in [3.63, 3.8) is 0 Å². The van der Waals surface area contributed by atoms with E-state index in [2.05, 4.69) is 34.5 Å². The van der Waals surface area contributed by atoms with Gasteiger partial charge in [0.1, 0.15) is 11.6 Å². The molecule has 5 heteroatoms. The maximum absolute atomic E-state index is 10.3. The van der Waals surface area contributed by atoms with Crippen molar-refractivity contribution in [2.45, 2.75) is 6.92 Å². The number of rotatable bonds is 3. The zero-order valence-corrected chi connectivity index (χ0v) is 14.9. The second-order valence-electron chi connectivity index (χ2n) is 5.98. The number of hydrogen-bond donors (Lipinski definition) is 1. The maximum Gasteiger partial charge on any atom is 0.168 e. The van der Waals surface area contributed by atoms with E-state index in [9.17, 15) is 5.11 Å². The molecule has 4 rings (SSSR count). The third-order valence-corrected chi connectivity index (χ3v) is 4.49. The number of halogens is 1. The molecule has 0 fully saturated rings. The lowest BCUT2D eigenvalue weighted by Crippen LogP contribution is -2.00. The molecule has 0 unspecified atom stereocenters. The summed E-state index contributed by atoms with van der Waals surface area (Å²) in [5.74, 6) is 1.44. The predicted molar refractivity (Wildman–Crippen MR) is 104 cm³/mol. The van der Waals surface area contributed by atoms with Crippen molar-refractivity contribution in [1.82, 2.24) is 14.8 Å². The topological polar surface area (TPSA) is 50.9 Å². The van der Waals surface area contributed by atoms with E-state index in [1.165, 1.54) is 6.07 Å². The fourth-order valence-corrected chi connectivity index (χ4v) is 3.13. The van der Waals surface area contributed by atoms with E-state index in [-0.39, 0.29) is 5.75 Å². The molecule has 0 atom stereocenters. The SMILES string of the molecule is Cc1nnc(-c2ccc(-c3ccccc3)cc2)n1-c1ccc(Cl)cc1O. The Morgan fingerprint density at radius 2 is 1.46 bits per heavy atom. The van der Waals surface area contributed by atoms with Crippen LogP contribution in [0.4, 0.5) is 0 Å². The van der Waals surface area contributed by atoms with Crippen molar-refractivity contribution >= 4 is 11.6 Å². The van der Waals surface area contributed by atoms with Crippen LogP contribution in [0.25, 0.3) is 28.2 Å². The number of aromatic hydroxyl groups is 1. The quantitative estimate of drug-likeness (QED) is 0.541. The minimum atomic E-state index is 0.0857. The van der Waals surface area contributed by atoms with Gasteiger partial charge in [0.25, 0.3) is 0 Å². The second kappa shape index (κ2) is 6.65. The van der Waals surface area contributed by atoms with E-state index in [1.807, 2.05) is 41.8 Å². The Hall–Kier alpha value is -3.11. The number of phenolic OH excluding ortho intramolecular Hbond substituents is 1. The number of hydrogen-bond acceptors (Lipinski definition) is 3. The molecule has 0 radical (unpaired) electrons. The molecule has 0 bridgehead atoms. The van der Waals surface area contributed by atoms with Gasteiger partial charge >= 0.3 is 0 Å². The lowest BCUT2D eigenvalue weighted by molar-refractivity contribution is 0.472. The van der Waals surface area contributed by atoms with Crippen molar-refractivity contribution < 1.29 is 5.11 Å². The molecule has 1 N–H and O–H groups in total. The summed E-state index contributed by atoms with van der Waals surface area (Å²) >= 11 is 5.95. The molecule has 1 aromatic heterocycles. The molecule has 26 heavy (non-hydrogen) atoms. The highest BCUT2D eigenvalue weighted by Gasteiger charge is 2.16. The van der Waals surface area contributed by atoms with Gasteiger partial charge in [0, 0.05) is 16.7 Å². The lowest BCUT2D eigenvalue weighted by atomic mass is 10.0. The Balaban J connectivity index is 1.78. The molecule has 4 nitrogen and oxygen atoms in total. The van der Waals surface area contributed by atoms with Crippen LogP contribution < -0.4 is 0 Å². The van der Waals surface area contributed by atoms with E-state index in [0.717, 1.165) is 16.7 Å². The Morgan fingerprint density at radius 3 is 2.15 bits per heavy atom. The van der Waals surface area contributed by atoms with Crippen molar-refractivity contribution in [3.05, 3.63) is 83.6 Å². The smallest absolute Gasteiger partial charge is 0.168 e. The number of nitrogens with zero attached hydrogens (tertiary/aromatic N) is 3. The zero-order chi connectivity index (χ0) is 18.1. The summed E-state index contributed by atoms with van der Waals surface area (Å²) in [5, 5.41) is 19.2. The minimum absolute atomic E-state index is 0.0857. The predicted octanol–water partition coefficient (Wildman–Crippen LogP) is 5.27. The van der Waals surface area contributed by atoms with Gasteiger partial charge < -0.3 is 5.11 Å². The van der Waals surface area contributed by atoms with Gasteiger partial charge in [-0.3, -0.25) is 4.57 Å². The van der Waals surface area contributed by atoms with Gasteiger partial charge in [-0.25, -0.2) is 0 Å². The van der Waals surface area contributed by atoms with Crippen LogP contribution in [0, 0.1) is 6.92 Å². The number of phenols is 1. The van der Waals surface area contributed by atoms with Crippen LogP contribution in [0.2, 0.25) is 5.02 Å². The van der Waals surface area contributed by atoms with Crippen LogP contribution in [-0.4, -0.2) is 19.9 Å². The molecule has 0 saturated carbocycles. The zero-order valence-electron chi connectivity index (χ0n) is 14.1. The molecule has 0 aliphatic carbocycles. The largest absolute Gasteiger partial charge is 0.506 e. The first-order chi connectivity index (χ1) is 12.6. The Kier molecular flexibility index (Phi) is 4.19. The molecule has 128 valence electrons. The highest BCUT2D eigenvalue weighted by molar-refractivity contribution is 6.30. The Bertz CT molecular complexity index is 1060. The van der Waals surface area contributed by atoms with Gasteiger partial charge in [-0.15, -0.1) is 10.2 Å². The van der Waals surface area contributed by atoms with Crippen LogP contribution in [0.5, 0.6) is 5.75 Å². The van der Waals surface area contributed by atoms with Crippen molar-refractivity contribution in [2.24, 2.45) is 0 Å². The molecule has 4 aromatic rings. The van der Waals surface area contributed by atoms with Gasteiger partial charge in [0.05, 0.1) is 5.69 Å². The molecule has 0 saturated heterocycles. The molecule has 0 aliphatic rings. The third-order valence-electron chi connectivity index (χ3n) is 4.25. The van der Waals surface area contributed by atoms with Gasteiger partial charge in [0.15, 0.2) is 5.82 Å². The first-order valence-electron chi connectivity index (χ1n) is 8.20. The molecular weight excluding hydrogens is 346 g/mol. The second-order valence-corrected chi connectivity index (χ2v) is 6.42. The summed E-state index contributed by atoms with van der Waals surface area (Å²) in [6.45, 7) is 1.85. The van der Waals surface area contributed by atoms with Gasteiger partial charge in [-0.1, -0.05) is 66.2 Å². The monoisotopic (exact) mass is 361 g/mol. The normalized spacial score (nSPS) is 10.8. The number of benzene rings is 3. The Labute approximate surface area is 156 Å². The van der Waals surface area contributed by atoms with Crippen molar-refractivity contribution in [3.8, 4) is 34.0 Å². The van der Waals surface area contributed by atoms with Crippen LogP contribution in [0.1, 0.15) is 5.82 Å². The molecule has 3 aromatic carbocycles. The number of aromatic nitrogens is 3. The van der Waals surface area contributed by atoms with Gasteiger partial charge in [-0.05, 0) is 30.2 Å². The highest BCUT2D eigenvalue weighted by atomic mass is 35.5. The van der Waals surface area contributed by atoms with E-state index < -0.39 is 0 Å². The fraction of sp³-hybridized carbons (Fsp3) is 0.0476. The molecule has 1 heterocycles. The summed E-state index contributed by atoms with van der Waals surface area (Å²) in [6.07, 6.45) is 0. The summed E-state index contributed by atoms with van der Waals surface area (Å²) in [7, 11) is 0. The van der Waals surface area contributed by atoms with Crippen LogP contribution in [0.15, 0.2) is 72.8 Å². The molecule has 0 amide bonds. The van der Waals surface area contributed by atoms with E-state index in [0.29, 0.717) is 22.4 Å². The first kappa shape index (κ1) is 16.4. The van der Waals surface area contributed by atoms with Crippen molar-refractivity contribution in [1.29, 1.82) is 0 Å². The van der Waals surface area contributed by atoms with E-state index in [1.54, 1.807) is 12.1 Å². The minimum Gasteiger partial charge on any atom is -0.506 e. The lowest BCUT2D eigenvalue weighted by Gasteiger charge is -2.11. The molecule has 0 aliphatic heterocycles. The van der Waals surface area contributed by atoms with Crippen LogP contribution in [0.3, 0.4) is 0 Å².